The largest absolute Gasteiger partial charge is 1.00 e. The van der Waals surface area contributed by atoms with Crippen LogP contribution >= 0.6 is 11.6 Å². The number of halogens is 1. The molecule has 0 radical (unpaired) electrons. The van der Waals surface area contributed by atoms with Crippen molar-refractivity contribution >= 4 is 21.7 Å². The van der Waals surface area contributed by atoms with E-state index in [2.05, 4.69) is 6.92 Å². The van der Waals surface area contributed by atoms with Gasteiger partial charge < -0.3 is 4.55 Å². The predicted octanol–water partition coefficient (Wildman–Crippen LogP) is -0.0652. The standard InChI is InChI=1S/C12H17ClO3S.Na/c1-2-3-4-11(13)9-10-5-7-12(8-6-10)17(14,15)16;/h5-8,11H,2-4,9H2,1H3,(H,14,15,16);/q;+1/p-1. The summed E-state index contributed by atoms with van der Waals surface area (Å²) in [6, 6.07) is 5.96. The van der Waals surface area contributed by atoms with Gasteiger partial charge in [-0.15, -0.1) is 11.6 Å². The van der Waals surface area contributed by atoms with Gasteiger partial charge in [0.05, 0.1) is 4.90 Å². The molecule has 96 valence electrons. The molecule has 1 unspecified atom stereocenters. The molecule has 18 heavy (non-hydrogen) atoms. The smallest absolute Gasteiger partial charge is 0.744 e. The van der Waals surface area contributed by atoms with E-state index < -0.39 is 10.1 Å². The summed E-state index contributed by atoms with van der Waals surface area (Å²) < 4.78 is 32.2. The van der Waals surface area contributed by atoms with Crippen LogP contribution in [0, 0.1) is 0 Å². The van der Waals surface area contributed by atoms with Gasteiger partial charge in [-0.1, -0.05) is 31.9 Å². The number of rotatable bonds is 6. The third kappa shape index (κ3) is 6.55. The Bertz CT molecular complexity index is 445. The van der Waals surface area contributed by atoms with E-state index in [0.29, 0.717) is 6.42 Å². The molecule has 0 saturated heterocycles. The molecule has 1 aromatic carbocycles. The van der Waals surface area contributed by atoms with Crippen LogP contribution in [0.5, 0.6) is 0 Å². The average Bonchev–Trinajstić information content (AvgIpc) is 2.26. The van der Waals surface area contributed by atoms with E-state index in [1.54, 1.807) is 12.1 Å². The first-order chi connectivity index (χ1) is 7.93. The van der Waals surface area contributed by atoms with Crippen molar-refractivity contribution in [3.8, 4) is 0 Å². The first-order valence-corrected chi connectivity index (χ1v) is 7.47. The van der Waals surface area contributed by atoms with E-state index in [1.807, 2.05) is 0 Å². The fraction of sp³-hybridized carbons (Fsp3) is 0.500. The average molecular weight is 299 g/mol. The Balaban J connectivity index is 0.00000289. The van der Waals surface area contributed by atoms with Gasteiger partial charge in [0, 0.05) is 5.38 Å². The number of hydrogen-bond donors (Lipinski definition) is 0. The number of unbranched alkanes of at least 4 members (excludes halogenated alkanes) is 1. The molecule has 1 aromatic rings. The third-order valence-electron chi connectivity index (χ3n) is 2.54. The number of benzene rings is 1. The normalized spacial score (nSPS) is 12.8. The van der Waals surface area contributed by atoms with Gasteiger partial charge in [-0.25, -0.2) is 8.42 Å². The Morgan fingerprint density at radius 2 is 1.83 bits per heavy atom. The summed E-state index contributed by atoms with van der Waals surface area (Å²) in [7, 11) is -4.35. The Labute approximate surface area is 136 Å². The molecule has 0 spiro atoms. The van der Waals surface area contributed by atoms with Gasteiger partial charge in [0.1, 0.15) is 10.1 Å². The summed E-state index contributed by atoms with van der Waals surface area (Å²) in [5.74, 6) is 0. The van der Waals surface area contributed by atoms with Crippen LogP contribution in [0.1, 0.15) is 31.7 Å². The van der Waals surface area contributed by atoms with Crippen LogP contribution in [0.2, 0.25) is 0 Å². The van der Waals surface area contributed by atoms with Crippen LogP contribution in [0.4, 0.5) is 0 Å². The minimum Gasteiger partial charge on any atom is -0.744 e. The molecule has 6 heteroatoms. The molecule has 3 nitrogen and oxygen atoms in total. The second kappa shape index (κ2) is 8.56. The van der Waals surface area contributed by atoms with Crippen LogP contribution in [0.3, 0.4) is 0 Å². The Kier molecular flexibility index (Phi) is 8.76. The van der Waals surface area contributed by atoms with Crippen LogP contribution in [0.15, 0.2) is 29.2 Å². The maximum absolute atomic E-state index is 10.7. The minimum absolute atomic E-state index is 0. The van der Waals surface area contributed by atoms with Crippen molar-refractivity contribution in [2.24, 2.45) is 0 Å². The van der Waals surface area contributed by atoms with Crippen molar-refractivity contribution in [3.63, 3.8) is 0 Å². The second-order valence-electron chi connectivity index (χ2n) is 4.04. The monoisotopic (exact) mass is 298 g/mol. The molecule has 0 amide bonds. The van der Waals surface area contributed by atoms with Crippen LogP contribution in [0.25, 0.3) is 0 Å². The quantitative estimate of drug-likeness (QED) is 0.420. The van der Waals surface area contributed by atoms with E-state index in [9.17, 15) is 13.0 Å². The second-order valence-corrected chi connectivity index (χ2v) is 6.04. The van der Waals surface area contributed by atoms with Crippen LogP contribution < -0.4 is 29.6 Å². The predicted molar refractivity (Wildman–Crippen MR) is 67.3 cm³/mol. The summed E-state index contributed by atoms with van der Waals surface area (Å²) >= 11 is 6.14. The van der Waals surface area contributed by atoms with Gasteiger partial charge in [-0.3, -0.25) is 0 Å². The molecular weight excluding hydrogens is 283 g/mol. The molecule has 1 atom stereocenters. The SMILES string of the molecule is CCCCC(Cl)Cc1ccc(S(=O)(=O)[O-])cc1.[Na+]. The fourth-order valence-electron chi connectivity index (χ4n) is 1.58. The van der Waals surface area contributed by atoms with Gasteiger partial charge in [-0.2, -0.15) is 0 Å². The van der Waals surface area contributed by atoms with Gasteiger partial charge in [-0.05, 0) is 30.5 Å². The molecule has 0 aliphatic carbocycles. The molecule has 0 N–H and O–H groups in total. The Morgan fingerprint density at radius 3 is 2.28 bits per heavy atom. The van der Waals surface area contributed by atoms with Crippen LogP contribution in [-0.2, 0) is 16.5 Å². The number of alkyl halides is 1. The summed E-state index contributed by atoms with van der Waals surface area (Å²) in [5, 5.41) is 0.0599. The van der Waals surface area contributed by atoms with Crippen molar-refractivity contribution in [2.75, 3.05) is 0 Å². The molecule has 0 aliphatic heterocycles. The molecule has 0 saturated carbocycles. The third-order valence-corrected chi connectivity index (χ3v) is 3.76. The zero-order valence-corrected chi connectivity index (χ0v) is 14.3. The van der Waals surface area contributed by atoms with Crippen molar-refractivity contribution in [1.82, 2.24) is 0 Å². The number of hydrogen-bond acceptors (Lipinski definition) is 3. The van der Waals surface area contributed by atoms with E-state index in [0.717, 1.165) is 24.8 Å². The molecule has 0 bridgehead atoms. The Morgan fingerprint density at radius 1 is 1.28 bits per heavy atom. The Hall–Kier alpha value is 0.420. The zero-order valence-electron chi connectivity index (χ0n) is 10.7. The first-order valence-electron chi connectivity index (χ1n) is 5.62. The molecule has 0 aliphatic rings. The van der Waals surface area contributed by atoms with E-state index >= 15 is 0 Å². The van der Waals surface area contributed by atoms with Gasteiger partial charge in [0.2, 0.25) is 0 Å². The van der Waals surface area contributed by atoms with Gasteiger partial charge in [0.15, 0.2) is 0 Å². The van der Waals surface area contributed by atoms with Gasteiger partial charge in [0.25, 0.3) is 0 Å². The van der Waals surface area contributed by atoms with E-state index in [4.69, 9.17) is 11.6 Å². The zero-order chi connectivity index (χ0) is 12.9. The maximum Gasteiger partial charge on any atom is 1.00 e. The van der Waals surface area contributed by atoms with Crippen molar-refractivity contribution in [1.29, 1.82) is 0 Å². The van der Waals surface area contributed by atoms with Crippen LogP contribution in [-0.4, -0.2) is 18.3 Å². The molecular formula is C12H16ClNaO3S. The van der Waals surface area contributed by atoms with Crippen molar-refractivity contribution in [2.45, 2.75) is 42.9 Å². The van der Waals surface area contributed by atoms with E-state index in [1.165, 1.54) is 12.1 Å². The summed E-state index contributed by atoms with van der Waals surface area (Å²) in [4.78, 5) is -0.194. The first kappa shape index (κ1) is 18.4. The topological polar surface area (TPSA) is 57.2 Å². The minimum atomic E-state index is -4.35. The maximum atomic E-state index is 10.7. The molecule has 0 fully saturated rings. The van der Waals surface area contributed by atoms with Gasteiger partial charge >= 0.3 is 29.6 Å². The molecule has 0 aromatic heterocycles. The molecule has 1 rings (SSSR count). The van der Waals surface area contributed by atoms with Crippen molar-refractivity contribution in [3.05, 3.63) is 29.8 Å². The summed E-state index contributed by atoms with van der Waals surface area (Å²) in [5.41, 5.74) is 0.952. The van der Waals surface area contributed by atoms with E-state index in [-0.39, 0.29) is 39.8 Å². The summed E-state index contributed by atoms with van der Waals surface area (Å²) in [6.45, 7) is 2.11. The van der Waals surface area contributed by atoms with Crippen molar-refractivity contribution < 1.29 is 42.5 Å². The molecule has 0 heterocycles. The fourth-order valence-corrected chi connectivity index (χ4v) is 2.38. The summed E-state index contributed by atoms with van der Waals surface area (Å²) in [6.07, 6.45) is 3.83.